The number of fused-ring (bicyclic) bond motifs is 2. The van der Waals surface area contributed by atoms with Crippen molar-refractivity contribution >= 4 is 18.0 Å². The Balaban J connectivity index is 1.59. The maximum Gasteiger partial charge on any atom is 0.330 e. The van der Waals surface area contributed by atoms with Crippen LogP contribution in [0.2, 0.25) is 0 Å². The third-order valence-electron chi connectivity index (χ3n) is 7.29. The fourth-order valence-corrected chi connectivity index (χ4v) is 4.94. The summed E-state index contributed by atoms with van der Waals surface area (Å²) in [6.07, 6.45) is 6.41. The summed E-state index contributed by atoms with van der Waals surface area (Å²) in [5.74, 6) is 1.11. The predicted molar refractivity (Wildman–Crippen MR) is 111 cm³/mol. The van der Waals surface area contributed by atoms with Crippen LogP contribution in [-0.2, 0) is 14.3 Å². The van der Waals surface area contributed by atoms with Crippen LogP contribution in [0.3, 0.4) is 0 Å². The molecule has 2 fully saturated rings. The van der Waals surface area contributed by atoms with Crippen LogP contribution in [0.4, 0.5) is 0 Å². The zero-order valence-electron chi connectivity index (χ0n) is 17.9. The van der Waals surface area contributed by atoms with Crippen molar-refractivity contribution in [3.63, 3.8) is 0 Å². The van der Waals surface area contributed by atoms with Crippen molar-refractivity contribution in [3.8, 4) is 11.5 Å². The van der Waals surface area contributed by atoms with Crippen LogP contribution >= 0.6 is 0 Å². The van der Waals surface area contributed by atoms with Crippen LogP contribution in [0.25, 0.3) is 6.08 Å². The third-order valence-corrected chi connectivity index (χ3v) is 7.29. The van der Waals surface area contributed by atoms with Gasteiger partial charge in [-0.25, -0.2) is 4.79 Å². The van der Waals surface area contributed by atoms with Crippen LogP contribution in [0.5, 0.6) is 11.5 Å². The Hall–Kier alpha value is -2.50. The van der Waals surface area contributed by atoms with Gasteiger partial charge in [0, 0.05) is 12.1 Å². The molecule has 2 aliphatic carbocycles. The van der Waals surface area contributed by atoms with Crippen LogP contribution in [0.15, 0.2) is 24.3 Å². The Labute approximate surface area is 172 Å². The minimum Gasteiger partial charge on any atom is -0.493 e. The summed E-state index contributed by atoms with van der Waals surface area (Å²) in [7, 11) is 2.86. The molecule has 3 rings (SSSR count). The summed E-state index contributed by atoms with van der Waals surface area (Å²) in [6.45, 7) is 6.89. The van der Waals surface area contributed by atoms with E-state index in [4.69, 9.17) is 9.47 Å². The first-order chi connectivity index (χ1) is 13.7. The summed E-state index contributed by atoms with van der Waals surface area (Å²) in [5, 5.41) is 3.20. The predicted octanol–water partition coefficient (Wildman–Crippen LogP) is 3.59. The average molecular weight is 402 g/mol. The van der Waals surface area contributed by atoms with Crippen molar-refractivity contribution in [2.75, 3.05) is 20.8 Å². The topological polar surface area (TPSA) is 73.9 Å². The maximum atomic E-state index is 12.5. The normalized spacial score (nSPS) is 27.1. The van der Waals surface area contributed by atoms with E-state index in [1.54, 1.807) is 24.3 Å². The highest BCUT2D eigenvalue weighted by Crippen LogP contribution is 2.65. The number of methoxy groups -OCH3 is 2. The molecule has 2 saturated carbocycles. The van der Waals surface area contributed by atoms with Gasteiger partial charge in [-0.15, -0.1) is 0 Å². The lowest BCUT2D eigenvalue weighted by Gasteiger charge is -2.39. The molecular formula is C23H31NO5. The van der Waals surface area contributed by atoms with Crippen molar-refractivity contribution < 1.29 is 23.8 Å². The van der Waals surface area contributed by atoms with Crippen molar-refractivity contribution in [2.24, 2.45) is 16.7 Å². The first-order valence-corrected chi connectivity index (χ1v) is 10.1. The molecule has 2 bridgehead atoms. The second-order valence-electron chi connectivity index (χ2n) is 8.79. The number of amides is 1. The van der Waals surface area contributed by atoms with Crippen LogP contribution in [0.1, 0.15) is 45.6 Å². The van der Waals surface area contributed by atoms with Crippen molar-refractivity contribution in [2.45, 2.75) is 46.1 Å². The Morgan fingerprint density at radius 2 is 1.97 bits per heavy atom. The number of carbonyl (C=O) groups excluding carboxylic acids is 2. The lowest BCUT2D eigenvalue weighted by molar-refractivity contribution is -0.134. The maximum absolute atomic E-state index is 12.5. The van der Waals surface area contributed by atoms with Crippen LogP contribution in [0, 0.1) is 16.7 Å². The molecule has 0 saturated heterocycles. The van der Waals surface area contributed by atoms with Gasteiger partial charge in [0.25, 0.3) is 5.91 Å². The fraction of sp³-hybridized carbons (Fsp3) is 0.565. The lowest BCUT2D eigenvalue weighted by atomic mass is 9.69. The van der Waals surface area contributed by atoms with E-state index < -0.39 is 5.97 Å². The molecular weight excluding hydrogens is 370 g/mol. The minimum atomic E-state index is -0.432. The summed E-state index contributed by atoms with van der Waals surface area (Å²) in [6, 6.07) is 5.45. The van der Waals surface area contributed by atoms with Gasteiger partial charge in [0.05, 0.1) is 14.2 Å². The van der Waals surface area contributed by atoms with Gasteiger partial charge in [0.1, 0.15) is 0 Å². The Bertz CT molecular complexity index is 815. The highest BCUT2D eigenvalue weighted by molar-refractivity contribution is 5.87. The Kier molecular flexibility index (Phi) is 5.92. The summed E-state index contributed by atoms with van der Waals surface area (Å²) in [5.41, 5.74) is 1.16. The number of benzene rings is 1. The molecule has 2 aliphatic rings. The van der Waals surface area contributed by atoms with E-state index in [1.165, 1.54) is 26.7 Å². The Morgan fingerprint density at radius 3 is 2.55 bits per heavy atom. The van der Waals surface area contributed by atoms with Gasteiger partial charge in [0.2, 0.25) is 0 Å². The molecule has 0 radical (unpaired) electrons. The molecule has 0 spiro atoms. The molecule has 1 N–H and O–H groups in total. The third kappa shape index (κ3) is 3.98. The van der Waals surface area contributed by atoms with E-state index >= 15 is 0 Å². The zero-order valence-corrected chi connectivity index (χ0v) is 17.9. The monoisotopic (exact) mass is 401 g/mol. The smallest absolute Gasteiger partial charge is 0.330 e. The number of rotatable bonds is 7. The number of esters is 1. The minimum absolute atomic E-state index is 0.0641. The number of hydrogen-bond acceptors (Lipinski definition) is 5. The molecule has 0 heterocycles. The molecule has 1 amide bonds. The first kappa shape index (κ1) is 21.2. The van der Waals surface area contributed by atoms with E-state index in [2.05, 4.69) is 30.8 Å². The van der Waals surface area contributed by atoms with Gasteiger partial charge in [-0.1, -0.05) is 26.8 Å². The van der Waals surface area contributed by atoms with E-state index in [0.29, 0.717) is 17.4 Å². The number of hydrogen-bond donors (Lipinski definition) is 1. The van der Waals surface area contributed by atoms with Crippen molar-refractivity contribution in [1.82, 2.24) is 5.32 Å². The average Bonchev–Trinajstić information content (AvgIpc) is 3.04. The van der Waals surface area contributed by atoms with Crippen LogP contribution < -0.4 is 14.8 Å². The van der Waals surface area contributed by atoms with Crippen LogP contribution in [-0.4, -0.2) is 38.7 Å². The number of nitrogens with one attached hydrogen (secondary N) is 1. The second kappa shape index (κ2) is 8.09. The van der Waals surface area contributed by atoms with Gasteiger partial charge in [-0.3, -0.25) is 4.79 Å². The van der Waals surface area contributed by atoms with E-state index in [-0.39, 0.29) is 29.4 Å². The quantitative estimate of drug-likeness (QED) is 0.558. The molecule has 1 aromatic rings. The van der Waals surface area contributed by atoms with Gasteiger partial charge in [-0.2, -0.15) is 0 Å². The number of ether oxygens (including phenoxy) is 3. The molecule has 158 valence electrons. The van der Waals surface area contributed by atoms with E-state index in [1.807, 2.05) is 0 Å². The number of carbonyl (C=O) groups is 2. The van der Waals surface area contributed by atoms with E-state index in [9.17, 15) is 9.59 Å². The molecule has 0 aromatic heterocycles. The highest BCUT2D eigenvalue weighted by Gasteiger charge is 2.61. The van der Waals surface area contributed by atoms with Gasteiger partial charge in [-0.05, 0) is 59.8 Å². The van der Waals surface area contributed by atoms with Crippen molar-refractivity contribution in [3.05, 3.63) is 29.8 Å². The highest BCUT2D eigenvalue weighted by atomic mass is 16.5. The fourth-order valence-electron chi connectivity index (χ4n) is 4.94. The van der Waals surface area contributed by atoms with Gasteiger partial charge >= 0.3 is 5.97 Å². The summed E-state index contributed by atoms with van der Waals surface area (Å²) < 4.78 is 15.7. The molecule has 3 unspecified atom stereocenters. The largest absolute Gasteiger partial charge is 0.493 e. The lowest BCUT2D eigenvalue weighted by Crippen LogP contribution is -2.48. The van der Waals surface area contributed by atoms with Crippen molar-refractivity contribution in [1.29, 1.82) is 0 Å². The summed E-state index contributed by atoms with van der Waals surface area (Å²) >= 11 is 0. The molecule has 3 atom stereocenters. The molecule has 6 heteroatoms. The molecule has 1 aromatic carbocycles. The van der Waals surface area contributed by atoms with Gasteiger partial charge < -0.3 is 19.5 Å². The first-order valence-electron chi connectivity index (χ1n) is 10.1. The SMILES string of the molecule is COC(=O)C=Cc1ccc(OCC(=O)NC2CC3CCC2(C)C3(C)C)c(OC)c1. The standard InChI is InChI=1S/C23H31NO5/c1-22(2)16-10-11-23(22,3)19(13-16)24-20(25)14-29-17-8-6-15(12-18(17)27-4)7-9-21(26)28-5/h6-9,12,16,19H,10-11,13-14H2,1-5H3,(H,24,25). The summed E-state index contributed by atoms with van der Waals surface area (Å²) in [4.78, 5) is 23.8. The molecule has 29 heavy (non-hydrogen) atoms. The van der Waals surface area contributed by atoms with Gasteiger partial charge in [0.15, 0.2) is 18.1 Å². The Morgan fingerprint density at radius 1 is 1.21 bits per heavy atom. The molecule has 6 nitrogen and oxygen atoms in total. The molecule has 0 aliphatic heterocycles. The van der Waals surface area contributed by atoms with E-state index in [0.717, 1.165) is 18.4 Å². The second-order valence-corrected chi connectivity index (χ2v) is 8.79. The zero-order chi connectivity index (χ0) is 21.2.